The number of carbonyl (C=O) groups is 1. The fraction of sp³-hybridized carbons (Fsp3) is 0.444. The maximum Gasteiger partial charge on any atom is 0.339 e. The molecule has 0 amide bonds. The Bertz CT molecular complexity index is 857. The summed E-state index contributed by atoms with van der Waals surface area (Å²) in [7, 11) is 0. The van der Waals surface area contributed by atoms with Gasteiger partial charge < -0.3 is 4.74 Å². The first-order chi connectivity index (χ1) is 14.2. The van der Waals surface area contributed by atoms with Crippen molar-refractivity contribution in [2.24, 2.45) is 5.92 Å². The maximum atomic E-state index is 12.6. The Morgan fingerprint density at radius 2 is 1.76 bits per heavy atom. The summed E-state index contributed by atoms with van der Waals surface area (Å²) in [6.45, 7) is 6.08. The van der Waals surface area contributed by atoms with E-state index in [-0.39, 0.29) is 12.1 Å². The molecule has 2 aromatic rings. The number of rotatable bonds is 6. The molecule has 152 valence electrons. The van der Waals surface area contributed by atoms with Crippen LogP contribution in [0.3, 0.4) is 0 Å². The van der Waals surface area contributed by atoms with Gasteiger partial charge in [-0.2, -0.15) is 0 Å². The number of cyclic esters (lactones) is 1. The monoisotopic (exact) mass is 388 g/mol. The van der Waals surface area contributed by atoms with Crippen LogP contribution in [0.4, 0.5) is 0 Å². The minimum Gasteiger partial charge on any atom is -0.454 e. The molecule has 0 aromatic heterocycles. The zero-order chi connectivity index (χ0) is 20.2. The van der Waals surface area contributed by atoms with Crippen LogP contribution in [0.1, 0.15) is 90.1 Å². The molecule has 1 aliphatic heterocycles. The molecule has 2 nitrogen and oxygen atoms in total. The highest BCUT2D eigenvalue weighted by Crippen LogP contribution is 2.38. The second-order valence-corrected chi connectivity index (χ2v) is 8.71. The van der Waals surface area contributed by atoms with E-state index in [1.807, 2.05) is 12.1 Å². The lowest BCUT2D eigenvalue weighted by molar-refractivity contribution is 0.0252. The van der Waals surface area contributed by atoms with Crippen molar-refractivity contribution in [3.63, 3.8) is 0 Å². The molecule has 4 rings (SSSR count). The molecule has 2 aromatic carbocycles. The quantitative estimate of drug-likeness (QED) is 0.395. The first-order valence-electron chi connectivity index (χ1n) is 11.2. The average Bonchev–Trinajstić information content (AvgIpc) is 2.78. The van der Waals surface area contributed by atoms with Gasteiger partial charge in [-0.3, -0.25) is 0 Å². The van der Waals surface area contributed by atoms with Crippen LogP contribution in [0, 0.1) is 5.92 Å². The van der Waals surface area contributed by atoms with E-state index in [2.05, 4.69) is 49.9 Å². The molecule has 0 bridgehead atoms. The van der Waals surface area contributed by atoms with E-state index in [0.717, 1.165) is 41.9 Å². The van der Waals surface area contributed by atoms with Crippen LogP contribution in [-0.2, 0) is 17.6 Å². The van der Waals surface area contributed by atoms with Gasteiger partial charge in [-0.05, 0) is 78.7 Å². The van der Waals surface area contributed by atoms with Crippen LogP contribution < -0.4 is 0 Å². The second kappa shape index (κ2) is 8.98. The third kappa shape index (κ3) is 4.47. The first-order valence-corrected chi connectivity index (χ1v) is 11.2. The summed E-state index contributed by atoms with van der Waals surface area (Å²) in [5.74, 6) is 1.42. The van der Waals surface area contributed by atoms with Crippen molar-refractivity contribution in [2.45, 2.75) is 70.3 Å². The van der Waals surface area contributed by atoms with E-state index < -0.39 is 0 Å². The number of allylic oxidation sites excluding steroid dienone is 1. The van der Waals surface area contributed by atoms with E-state index in [1.165, 1.54) is 43.2 Å². The summed E-state index contributed by atoms with van der Waals surface area (Å²) in [6.07, 6.45) is 10.9. The largest absolute Gasteiger partial charge is 0.454 e. The molecule has 1 fully saturated rings. The molecule has 2 heteroatoms. The Labute approximate surface area is 175 Å². The van der Waals surface area contributed by atoms with Gasteiger partial charge >= 0.3 is 5.97 Å². The fourth-order valence-corrected chi connectivity index (χ4v) is 4.92. The number of esters is 1. The molecule has 1 heterocycles. The van der Waals surface area contributed by atoms with Crippen LogP contribution in [-0.4, -0.2) is 5.97 Å². The number of fused-ring (bicyclic) bond motifs is 1. The van der Waals surface area contributed by atoms with Crippen molar-refractivity contribution in [1.82, 2.24) is 0 Å². The minimum atomic E-state index is -0.196. The van der Waals surface area contributed by atoms with E-state index in [4.69, 9.17) is 4.74 Å². The predicted molar refractivity (Wildman–Crippen MR) is 118 cm³/mol. The highest BCUT2D eigenvalue weighted by Gasteiger charge is 2.28. The average molecular weight is 389 g/mol. The van der Waals surface area contributed by atoms with Crippen molar-refractivity contribution in [1.29, 1.82) is 0 Å². The summed E-state index contributed by atoms with van der Waals surface area (Å²) in [4.78, 5) is 12.6. The van der Waals surface area contributed by atoms with Gasteiger partial charge in [-0.25, -0.2) is 4.79 Å². The molecule has 0 spiro atoms. The van der Waals surface area contributed by atoms with E-state index in [9.17, 15) is 4.79 Å². The molecule has 0 N–H and O–H groups in total. The van der Waals surface area contributed by atoms with Gasteiger partial charge in [0.15, 0.2) is 0 Å². The Hall–Kier alpha value is -2.35. The van der Waals surface area contributed by atoms with Crippen molar-refractivity contribution < 1.29 is 9.53 Å². The molecule has 1 unspecified atom stereocenters. The molecule has 29 heavy (non-hydrogen) atoms. The SMILES string of the molecule is C=CCCc1ccc2c(c1)C(=O)OC(c1ccc(C3CCC(CC)CC3)cc1)C2. The molecule has 0 radical (unpaired) electrons. The minimum absolute atomic E-state index is 0.182. The highest BCUT2D eigenvalue weighted by atomic mass is 16.5. The summed E-state index contributed by atoms with van der Waals surface area (Å²) < 4.78 is 5.81. The van der Waals surface area contributed by atoms with Crippen LogP contribution in [0.5, 0.6) is 0 Å². The Balaban J connectivity index is 1.44. The number of aryl methyl sites for hydroxylation is 1. The lowest BCUT2D eigenvalue weighted by Crippen LogP contribution is -2.22. The topological polar surface area (TPSA) is 26.3 Å². The molecular weight excluding hydrogens is 356 g/mol. The summed E-state index contributed by atoms with van der Waals surface area (Å²) in [6, 6.07) is 15.1. The van der Waals surface area contributed by atoms with Gasteiger partial charge in [-0.15, -0.1) is 6.58 Å². The van der Waals surface area contributed by atoms with Crippen LogP contribution in [0.25, 0.3) is 0 Å². The van der Waals surface area contributed by atoms with E-state index in [0.29, 0.717) is 5.92 Å². The zero-order valence-corrected chi connectivity index (χ0v) is 17.5. The van der Waals surface area contributed by atoms with Gasteiger partial charge in [0, 0.05) is 6.42 Å². The molecule has 0 saturated heterocycles. The fourth-order valence-electron chi connectivity index (χ4n) is 4.92. The molecule has 1 atom stereocenters. The number of benzene rings is 2. The van der Waals surface area contributed by atoms with E-state index >= 15 is 0 Å². The molecular formula is C27H32O2. The summed E-state index contributed by atoms with van der Waals surface area (Å²) in [5, 5.41) is 0. The Morgan fingerprint density at radius 1 is 1.03 bits per heavy atom. The Morgan fingerprint density at radius 3 is 2.45 bits per heavy atom. The van der Waals surface area contributed by atoms with Crippen LogP contribution >= 0.6 is 0 Å². The smallest absolute Gasteiger partial charge is 0.339 e. The van der Waals surface area contributed by atoms with E-state index in [1.54, 1.807) is 0 Å². The predicted octanol–water partition coefficient (Wildman–Crippen LogP) is 6.94. The van der Waals surface area contributed by atoms with Crippen molar-refractivity contribution in [3.05, 3.63) is 82.9 Å². The standard InChI is InChI=1S/C27H32O2/c1-3-5-6-20-9-12-24-18-26(29-27(28)25(24)17-20)23-15-13-22(14-16-23)21-10-7-19(4-2)8-11-21/h3,9,12-17,19,21,26H,1,4-8,10-11,18H2,2H3. The van der Waals surface area contributed by atoms with Gasteiger partial charge in [0.05, 0.1) is 5.56 Å². The van der Waals surface area contributed by atoms with Gasteiger partial charge in [-0.1, -0.05) is 55.8 Å². The lowest BCUT2D eigenvalue weighted by Gasteiger charge is -2.29. The second-order valence-electron chi connectivity index (χ2n) is 8.71. The number of carbonyl (C=O) groups excluding carboxylic acids is 1. The molecule has 1 saturated carbocycles. The van der Waals surface area contributed by atoms with Gasteiger partial charge in [0.25, 0.3) is 0 Å². The first kappa shape index (κ1) is 19.9. The maximum absolute atomic E-state index is 12.6. The van der Waals surface area contributed by atoms with Crippen LogP contribution in [0.2, 0.25) is 0 Å². The summed E-state index contributed by atoms with van der Waals surface area (Å²) in [5.41, 5.74) is 5.53. The molecule has 1 aliphatic carbocycles. The van der Waals surface area contributed by atoms with Crippen molar-refractivity contribution in [3.8, 4) is 0 Å². The third-order valence-electron chi connectivity index (χ3n) is 6.89. The molecule has 2 aliphatic rings. The lowest BCUT2D eigenvalue weighted by atomic mass is 9.77. The van der Waals surface area contributed by atoms with Crippen molar-refractivity contribution in [2.75, 3.05) is 0 Å². The van der Waals surface area contributed by atoms with Crippen LogP contribution in [0.15, 0.2) is 55.1 Å². The number of hydrogen-bond acceptors (Lipinski definition) is 2. The zero-order valence-electron chi connectivity index (χ0n) is 17.5. The third-order valence-corrected chi connectivity index (χ3v) is 6.89. The van der Waals surface area contributed by atoms with Gasteiger partial charge in [0.2, 0.25) is 0 Å². The Kier molecular flexibility index (Phi) is 6.18. The van der Waals surface area contributed by atoms with Gasteiger partial charge in [0.1, 0.15) is 6.10 Å². The van der Waals surface area contributed by atoms with Crippen molar-refractivity contribution >= 4 is 5.97 Å². The normalized spacial score (nSPS) is 23.9. The number of ether oxygens (including phenoxy) is 1. The summed E-state index contributed by atoms with van der Waals surface area (Å²) >= 11 is 0. The highest BCUT2D eigenvalue weighted by molar-refractivity contribution is 5.92. The number of hydrogen-bond donors (Lipinski definition) is 0.